The van der Waals surface area contributed by atoms with Crippen LogP contribution in [0.3, 0.4) is 0 Å². The van der Waals surface area contributed by atoms with E-state index in [9.17, 15) is 9.18 Å². The van der Waals surface area contributed by atoms with Crippen LogP contribution in [0.2, 0.25) is 0 Å². The summed E-state index contributed by atoms with van der Waals surface area (Å²) in [5, 5.41) is 4.80. The molecule has 0 radical (unpaired) electrons. The Hall–Kier alpha value is -2.92. The highest BCUT2D eigenvalue weighted by atomic mass is 19.1. The lowest BCUT2D eigenvalue weighted by Gasteiger charge is -2.38. The van der Waals surface area contributed by atoms with Crippen LogP contribution in [0, 0.1) is 12.7 Å². The summed E-state index contributed by atoms with van der Waals surface area (Å²) in [6.07, 6.45) is 1.73. The molecule has 172 valence electrons. The second kappa shape index (κ2) is 8.45. The molecule has 33 heavy (non-hydrogen) atoms. The molecule has 1 saturated carbocycles. The lowest BCUT2D eigenvalue weighted by Crippen LogP contribution is -2.49. The fourth-order valence-corrected chi connectivity index (χ4v) is 5.10. The fourth-order valence-electron chi connectivity index (χ4n) is 5.10. The van der Waals surface area contributed by atoms with Gasteiger partial charge in [-0.15, -0.1) is 0 Å². The number of rotatable bonds is 5. The first kappa shape index (κ1) is 21.9. The third kappa shape index (κ3) is 4.10. The summed E-state index contributed by atoms with van der Waals surface area (Å²) < 4.78 is 14.3. The smallest absolute Gasteiger partial charge is 0.252 e. The van der Waals surface area contributed by atoms with Crippen LogP contribution in [0.1, 0.15) is 48.2 Å². The normalized spacial score (nSPS) is 18.0. The van der Waals surface area contributed by atoms with Crippen molar-refractivity contribution in [2.45, 2.75) is 45.2 Å². The van der Waals surface area contributed by atoms with Crippen LogP contribution < -0.4 is 10.2 Å². The molecule has 3 aromatic carbocycles. The third-order valence-corrected chi connectivity index (χ3v) is 7.36. The predicted octanol–water partition coefficient (Wildman–Crippen LogP) is 5.24. The molecule has 1 N–H and O–H groups in total. The van der Waals surface area contributed by atoms with Crippen LogP contribution in [0.5, 0.6) is 0 Å². The molecule has 1 amide bonds. The number of nitrogens with zero attached hydrogens (tertiary/aromatic N) is 2. The number of anilines is 1. The number of nitrogens with one attached hydrogen (secondary N) is 1. The average molecular weight is 446 g/mol. The van der Waals surface area contributed by atoms with Gasteiger partial charge in [-0.1, -0.05) is 36.4 Å². The van der Waals surface area contributed by atoms with Crippen LogP contribution in [0.15, 0.2) is 54.6 Å². The number of hydrogen-bond donors (Lipinski definition) is 1. The van der Waals surface area contributed by atoms with Crippen molar-refractivity contribution in [3.8, 4) is 0 Å². The first-order chi connectivity index (χ1) is 15.9. The van der Waals surface area contributed by atoms with Crippen molar-refractivity contribution in [3.63, 3.8) is 0 Å². The monoisotopic (exact) mass is 445 g/mol. The van der Waals surface area contributed by atoms with E-state index in [1.165, 1.54) is 6.07 Å². The Balaban J connectivity index is 1.39. The largest absolute Gasteiger partial charge is 0.369 e. The highest BCUT2D eigenvalue weighted by molar-refractivity contribution is 5.98. The maximum atomic E-state index is 14.3. The lowest BCUT2D eigenvalue weighted by molar-refractivity contribution is 0.0930. The van der Waals surface area contributed by atoms with Crippen LogP contribution in [0.4, 0.5) is 10.1 Å². The molecule has 1 heterocycles. The van der Waals surface area contributed by atoms with Crippen molar-refractivity contribution < 1.29 is 9.18 Å². The van der Waals surface area contributed by atoms with E-state index in [2.05, 4.69) is 35.0 Å². The maximum absolute atomic E-state index is 14.3. The van der Waals surface area contributed by atoms with Gasteiger partial charge in [-0.2, -0.15) is 0 Å². The van der Waals surface area contributed by atoms with Gasteiger partial charge in [0, 0.05) is 48.9 Å². The fraction of sp³-hybridized carbons (Fsp3) is 0.393. The van der Waals surface area contributed by atoms with E-state index in [4.69, 9.17) is 0 Å². The van der Waals surface area contributed by atoms with E-state index in [0.29, 0.717) is 11.4 Å². The summed E-state index contributed by atoms with van der Waals surface area (Å²) in [5.41, 5.74) is 3.38. The Bertz CT molecular complexity index is 1190. The number of carbonyl (C=O) groups excluding carboxylic acids is 1. The number of piperazine rings is 1. The minimum absolute atomic E-state index is 0.0546. The Morgan fingerprint density at radius 3 is 2.33 bits per heavy atom. The van der Waals surface area contributed by atoms with E-state index in [1.807, 2.05) is 43.3 Å². The van der Waals surface area contributed by atoms with Crippen molar-refractivity contribution in [3.05, 3.63) is 77.1 Å². The van der Waals surface area contributed by atoms with Gasteiger partial charge >= 0.3 is 0 Å². The van der Waals surface area contributed by atoms with Crippen molar-refractivity contribution in [1.82, 2.24) is 10.2 Å². The lowest BCUT2D eigenvalue weighted by atomic mass is 9.96. The predicted molar refractivity (Wildman–Crippen MR) is 132 cm³/mol. The van der Waals surface area contributed by atoms with Crippen molar-refractivity contribution in [1.29, 1.82) is 0 Å². The molecule has 1 aliphatic carbocycles. The molecule has 4 nitrogen and oxygen atoms in total. The Morgan fingerprint density at radius 1 is 0.970 bits per heavy atom. The van der Waals surface area contributed by atoms with Crippen molar-refractivity contribution >= 4 is 22.4 Å². The molecule has 0 aromatic heterocycles. The van der Waals surface area contributed by atoms with Gasteiger partial charge in [-0.3, -0.25) is 9.69 Å². The highest BCUT2D eigenvalue weighted by Gasteiger charge is 2.47. The van der Waals surface area contributed by atoms with E-state index in [0.717, 1.165) is 66.8 Å². The maximum Gasteiger partial charge on any atom is 0.252 e. The molecule has 0 spiro atoms. The van der Waals surface area contributed by atoms with Gasteiger partial charge in [0.05, 0.1) is 5.54 Å². The molecular weight excluding hydrogens is 413 g/mol. The molecule has 5 heteroatoms. The molecular formula is C28H32FN3O. The molecule has 0 bridgehead atoms. The van der Waals surface area contributed by atoms with Gasteiger partial charge in [0.2, 0.25) is 0 Å². The van der Waals surface area contributed by atoms with Crippen molar-refractivity contribution in [2.75, 3.05) is 31.1 Å². The van der Waals surface area contributed by atoms with Gasteiger partial charge in [0.1, 0.15) is 5.82 Å². The molecule has 0 unspecified atom stereocenters. The Labute approximate surface area is 195 Å². The number of fused-ring (bicyclic) bond motifs is 1. The van der Waals surface area contributed by atoms with Gasteiger partial charge in [0.25, 0.3) is 5.91 Å². The number of benzene rings is 3. The number of carbonyl (C=O) groups is 1. The summed E-state index contributed by atoms with van der Waals surface area (Å²) in [7, 11) is 0. The molecule has 1 aliphatic heterocycles. The van der Waals surface area contributed by atoms with Gasteiger partial charge in [-0.05, 0) is 68.3 Å². The first-order valence-electron chi connectivity index (χ1n) is 12.0. The van der Waals surface area contributed by atoms with E-state index >= 15 is 0 Å². The second-order valence-corrected chi connectivity index (χ2v) is 9.79. The quantitative estimate of drug-likeness (QED) is 0.584. The summed E-state index contributed by atoms with van der Waals surface area (Å²) in [5.74, 6) is -0.279. The number of hydrogen-bond acceptors (Lipinski definition) is 3. The number of amides is 1. The van der Waals surface area contributed by atoms with Crippen LogP contribution in [0.25, 0.3) is 10.8 Å². The zero-order chi connectivity index (χ0) is 23.2. The zero-order valence-corrected chi connectivity index (χ0v) is 19.7. The summed E-state index contributed by atoms with van der Waals surface area (Å²) in [4.78, 5) is 18.3. The Morgan fingerprint density at radius 2 is 1.67 bits per heavy atom. The van der Waals surface area contributed by atoms with Crippen LogP contribution in [-0.2, 0) is 5.54 Å². The summed E-state index contributed by atoms with van der Waals surface area (Å²) in [6, 6.07) is 17.6. The van der Waals surface area contributed by atoms with Gasteiger partial charge < -0.3 is 10.2 Å². The summed E-state index contributed by atoms with van der Waals surface area (Å²) >= 11 is 0. The third-order valence-electron chi connectivity index (χ3n) is 7.36. The molecule has 0 atom stereocenters. The second-order valence-electron chi connectivity index (χ2n) is 9.79. The minimum atomic E-state index is -0.421. The molecule has 3 aromatic rings. The van der Waals surface area contributed by atoms with Gasteiger partial charge in [-0.25, -0.2) is 4.39 Å². The van der Waals surface area contributed by atoms with Crippen LogP contribution in [-0.4, -0.2) is 43.0 Å². The first-order valence-corrected chi connectivity index (χ1v) is 12.0. The van der Waals surface area contributed by atoms with E-state index < -0.39 is 5.54 Å². The van der Waals surface area contributed by atoms with Crippen LogP contribution >= 0.6 is 0 Å². The number of aryl methyl sites for hydroxylation is 1. The standard InChI is InChI=1S/C28H32FN3O/c1-19(2)31-14-16-32(17-15-31)21-9-8-20(3)24(18-21)27(33)30-28(12-13-28)25-10-11-26(29)23-7-5-4-6-22(23)25/h4-11,18-19H,12-17H2,1-3H3,(H,30,33). The summed E-state index contributed by atoms with van der Waals surface area (Å²) in [6.45, 7) is 10.5. The van der Waals surface area contributed by atoms with E-state index in [-0.39, 0.29) is 11.7 Å². The minimum Gasteiger partial charge on any atom is -0.369 e. The number of halogens is 1. The molecule has 2 aliphatic rings. The van der Waals surface area contributed by atoms with Gasteiger partial charge in [0.15, 0.2) is 0 Å². The zero-order valence-electron chi connectivity index (χ0n) is 19.7. The molecule has 1 saturated heterocycles. The molecule has 2 fully saturated rings. The highest BCUT2D eigenvalue weighted by Crippen LogP contribution is 2.48. The average Bonchev–Trinajstić information content (AvgIpc) is 3.60. The molecule has 5 rings (SSSR count). The van der Waals surface area contributed by atoms with E-state index in [1.54, 1.807) is 6.07 Å². The topological polar surface area (TPSA) is 35.6 Å². The van der Waals surface area contributed by atoms with Crippen molar-refractivity contribution in [2.24, 2.45) is 0 Å². The SMILES string of the molecule is Cc1ccc(N2CCN(C(C)C)CC2)cc1C(=O)NC1(c2ccc(F)c3ccccc23)CC1. The Kier molecular flexibility index (Phi) is 5.61.